The van der Waals surface area contributed by atoms with E-state index in [-0.39, 0.29) is 23.0 Å². The smallest absolute Gasteiger partial charge is 0.137 e. The lowest BCUT2D eigenvalue weighted by Gasteiger charge is -2.34. The van der Waals surface area contributed by atoms with Crippen LogP contribution in [0.4, 0.5) is 4.39 Å². The molecule has 1 aromatic carbocycles. The Bertz CT molecular complexity index is 449. The number of aliphatic hydroxyl groups is 1. The molecule has 0 saturated heterocycles. The molecule has 1 aromatic rings. The maximum atomic E-state index is 14.1. The van der Waals surface area contributed by atoms with E-state index in [2.05, 4.69) is 0 Å². The molecule has 0 aliphatic carbocycles. The van der Waals surface area contributed by atoms with Gasteiger partial charge in [0.1, 0.15) is 10.8 Å². The minimum absolute atomic E-state index is 0.000110. The van der Waals surface area contributed by atoms with E-state index in [0.717, 1.165) is 0 Å². The van der Waals surface area contributed by atoms with Crippen molar-refractivity contribution >= 4 is 17.2 Å². The van der Waals surface area contributed by atoms with Crippen molar-refractivity contribution in [1.82, 2.24) is 4.90 Å². The van der Waals surface area contributed by atoms with Gasteiger partial charge in [0, 0.05) is 23.2 Å². The van der Waals surface area contributed by atoms with Crippen LogP contribution < -0.4 is 5.73 Å². The molecule has 0 spiro atoms. The number of likely N-dealkylation sites (N-methyl/N-ethyl adjacent to an activating group) is 1. The average Bonchev–Trinajstić information content (AvgIpc) is 2.31. The van der Waals surface area contributed by atoms with Crippen molar-refractivity contribution < 1.29 is 9.50 Å². The minimum atomic E-state index is -0.411. The fourth-order valence-corrected chi connectivity index (χ4v) is 1.64. The Morgan fingerprint density at radius 3 is 2.61 bits per heavy atom. The minimum Gasteiger partial charge on any atom is -0.394 e. The van der Waals surface area contributed by atoms with Crippen LogP contribution in [0.25, 0.3) is 0 Å². The molecule has 0 heterocycles. The van der Waals surface area contributed by atoms with Crippen molar-refractivity contribution in [1.29, 1.82) is 0 Å². The van der Waals surface area contributed by atoms with Crippen LogP contribution in [0.2, 0.25) is 0 Å². The Kier molecular flexibility index (Phi) is 4.78. The van der Waals surface area contributed by atoms with E-state index in [0.29, 0.717) is 12.1 Å². The zero-order chi connectivity index (χ0) is 13.9. The topological polar surface area (TPSA) is 49.5 Å². The second kappa shape index (κ2) is 5.73. The Balaban J connectivity index is 2.99. The third-order valence-corrected chi connectivity index (χ3v) is 3.39. The molecule has 0 bridgehead atoms. The van der Waals surface area contributed by atoms with Crippen LogP contribution in [-0.2, 0) is 6.54 Å². The summed E-state index contributed by atoms with van der Waals surface area (Å²) in [6.07, 6.45) is 0. The third-order valence-electron chi connectivity index (χ3n) is 3.17. The first-order chi connectivity index (χ1) is 8.29. The number of hydrogen-bond acceptors (Lipinski definition) is 3. The number of nitrogens with zero attached hydrogens (tertiary/aromatic N) is 1. The predicted molar refractivity (Wildman–Crippen MR) is 74.9 cm³/mol. The summed E-state index contributed by atoms with van der Waals surface area (Å²) in [6.45, 7) is 4.17. The molecular formula is C13H19FN2OS. The second-order valence-corrected chi connectivity index (χ2v) is 5.41. The van der Waals surface area contributed by atoms with Gasteiger partial charge >= 0.3 is 0 Å². The molecule has 3 nitrogen and oxygen atoms in total. The summed E-state index contributed by atoms with van der Waals surface area (Å²) >= 11 is 4.80. The van der Waals surface area contributed by atoms with Crippen LogP contribution in [0.3, 0.4) is 0 Å². The van der Waals surface area contributed by atoms with Crippen LogP contribution in [0.5, 0.6) is 0 Å². The summed E-state index contributed by atoms with van der Waals surface area (Å²) in [5.41, 5.74) is 5.83. The molecule has 0 amide bonds. The lowest BCUT2D eigenvalue weighted by atomic mass is 10.0. The van der Waals surface area contributed by atoms with E-state index in [1.54, 1.807) is 18.2 Å². The van der Waals surface area contributed by atoms with Crippen LogP contribution >= 0.6 is 12.2 Å². The third kappa shape index (κ3) is 3.25. The number of hydrogen-bond donors (Lipinski definition) is 2. The SMILES string of the molecule is CN(Cc1cccc(C(N)=S)c1F)C(C)(C)CO. The summed E-state index contributed by atoms with van der Waals surface area (Å²) in [7, 11) is 1.84. The van der Waals surface area contributed by atoms with Gasteiger partial charge in [-0.25, -0.2) is 4.39 Å². The van der Waals surface area contributed by atoms with Crippen molar-refractivity contribution in [3.63, 3.8) is 0 Å². The number of benzene rings is 1. The largest absolute Gasteiger partial charge is 0.394 e. The fourth-order valence-electron chi connectivity index (χ4n) is 1.48. The highest BCUT2D eigenvalue weighted by Gasteiger charge is 2.23. The summed E-state index contributed by atoms with van der Waals surface area (Å²) in [5, 5.41) is 9.28. The van der Waals surface area contributed by atoms with E-state index in [9.17, 15) is 9.50 Å². The molecule has 0 aromatic heterocycles. The van der Waals surface area contributed by atoms with Crippen molar-refractivity contribution in [3.8, 4) is 0 Å². The van der Waals surface area contributed by atoms with Gasteiger partial charge in [0.15, 0.2) is 0 Å². The second-order valence-electron chi connectivity index (χ2n) is 4.97. The highest BCUT2D eigenvalue weighted by atomic mass is 32.1. The zero-order valence-corrected chi connectivity index (χ0v) is 11.7. The van der Waals surface area contributed by atoms with Gasteiger partial charge in [-0.3, -0.25) is 4.90 Å². The van der Waals surface area contributed by atoms with E-state index >= 15 is 0 Å². The Hall–Kier alpha value is -1.04. The first-order valence-electron chi connectivity index (χ1n) is 5.69. The van der Waals surface area contributed by atoms with Gasteiger partial charge in [-0.1, -0.05) is 24.4 Å². The number of aliphatic hydroxyl groups excluding tert-OH is 1. The maximum Gasteiger partial charge on any atom is 0.137 e. The van der Waals surface area contributed by atoms with Crippen LogP contribution in [0, 0.1) is 5.82 Å². The predicted octanol–water partition coefficient (Wildman–Crippen LogP) is 1.66. The van der Waals surface area contributed by atoms with Gasteiger partial charge in [-0.2, -0.15) is 0 Å². The van der Waals surface area contributed by atoms with E-state index in [1.807, 2.05) is 25.8 Å². The van der Waals surface area contributed by atoms with Crippen LogP contribution in [0.1, 0.15) is 25.0 Å². The van der Waals surface area contributed by atoms with Gasteiger partial charge in [-0.05, 0) is 27.0 Å². The van der Waals surface area contributed by atoms with Gasteiger partial charge < -0.3 is 10.8 Å². The highest BCUT2D eigenvalue weighted by molar-refractivity contribution is 7.80. The molecule has 18 heavy (non-hydrogen) atoms. The summed E-state index contributed by atoms with van der Waals surface area (Å²) in [5.74, 6) is -0.384. The van der Waals surface area contributed by atoms with Crippen molar-refractivity contribution in [3.05, 3.63) is 35.1 Å². The maximum absolute atomic E-state index is 14.1. The normalized spacial score (nSPS) is 11.9. The average molecular weight is 270 g/mol. The van der Waals surface area contributed by atoms with Gasteiger partial charge in [0.05, 0.1) is 6.61 Å². The molecule has 3 N–H and O–H groups in total. The van der Waals surface area contributed by atoms with Gasteiger partial charge in [-0.15, -0.1) is 0 Å². The number of rotatable bonds is 5. The molecule has 0 unspecified atom stereocenters. The first-order valence-corrected chi connectivity index (χ1v) is 6.09. The van der Waals surface area contributed by atoms with E-state index in [1.165, 1.54) is 0 Å². The molecule has 1 rings (SSSR count). The molecule has 0 aliphatic rings. The molecule has 0 radical (unpaired) electrons. The molecular weight excluding hydrogens is 251 g/mol. The monoisotopic (exact) mass is 270 g/mol. The summed E-state index contributed by atoms with van der Waals surface area (Å²) < 4.78 is 14.1. The highest BCUT2D eigenvalue weighted by Crippen LogP contribution is 2.19. The Morgan fingerprint density at radius 2 is 2.11 bits per heavy atom. The summed E-state index contributed by atoms with van der Waals surface area (Å²) in [4.78, 5) is 1.94. The van der Waals surface area contributed by atoms with Crippen molar-refractivity contribution in [2.24, 2.45) is 5.73 Å². The molecule has 100 valence electrons. The number of nitrogens with two attached hydrogens (primary N) is 1. The van der Waals surface area contributed by atoms with E-state index in [4.69, 9.17) is 18.0 Å². The molecule has 0 aliphatic heterocycles. The van der Waals surface area contributed by atoms with Crippen LogP contribution in [-0.4, -0.2) is 34.2 Å². The number of halogens is 1. The van der Waals surface area contributed by atoms with Crippen molar-refractivity contribution in [2.75, 3.05) is 13.7 Å². The standard InChI is InChI=1S/C13H19FN2OS/c1-13(2,8-17)16(3)7-9-5-4-6-10(11(9)14)12(15)18/h4-6,17H,7-8H2,1-3H3,(H2,15,18). The molecule has 0 atom stereocenters. The molecule has 0 fully saturated rings. The quantitative estimate of drug-likeness (QED) is 0.799. The Labute approximate surface area is 112 Å². The number of thiocarbonyl (C=S) groups is 1. The van der Waals surface area contributed by atoms with Crippen molar-refractivity contribution in [2.45, 2.75) is 25.9 Å². The van der Waals surface area contributed by atoms with Gasteiger partial charge in [0.25, 0.3) is 0 Å². The zero-order valence-electron chi connectivity index (χ0n) is 10.9. The lowest BCUT2D eigenvalue weighted by molar-refractivity contribution is 0.0725. The molecule has 0 saturated carbocycles. The summed E-state index contributed by atoms with van der Waals surface area (Å²) in [6, 6.07) is 4.99. The van der Waals surface area contributed by atoms with E-state index < -0.39 is 5.54 Å². The first kappa shape index (κ1) is 15.0. The van der Waals surface area contributed by atoms with Crippen LogP contribution in [0.15, 0.2) is 18.2 Å². The Morgan fingerprint density at radius 1 is 1.50 bits per heavy atom. The fraction of sp³-hybridized carbons (Fsp3) is 0.462. The molecule has 5 heteroatoms. The lowest BCUT2D eigenvalue weighted by Crippen LogP contribution is -2.43. The van der Waals surface area contributed by atoms with Gasteiger partial charge in [0.2, 0.25) is 0 Å².